The van der Waals surface area contributed by atoms with Gasteiger partial charge in [0.1, 0.15) is 6.61 Å². The first-order valence-electron chi connectivity index (χ1n) is 7.92. The van der Waals surface area contributed by atoms with Crippen molar-refractivity contribution < 1.29 is 22.7 Å². The number of amides is 1. The molecule has 7 nitrogen and oxygen atoms in total. The number of rotatable bonds is 6. The molecule has 1 aromatic carbocycles. The molecule has 11 heteroatoms. The van der Waals surface area contributed by atoms with Crippen molar-refractivity contribution >= 4 is 62.3 Å². The molecule has 2 N–H and O–H groups in total. The number of methoxy groups -OCH3 is 1. The van der Waals surface area contributed by atoms with Crippen LogP contribution >= 0.6 is 34.8 Å². The van der Waals surface area contributed by atoms with Crippen LogP contribution in [0.15, 0.2) is 12.1 Å². The maximum atomic E-state index is 12.0. The Hall–Kier alpha value is -1.09. The second-order valence-electron chi connectivity index (χ2n) is 6.68. The van der Waals surface area contributed by atoms with Crippen molar-refractivity contribution in [3.8, 4) is 5.75 Å². The van der Waals surface area contributed by atoms with Gasteiger partial charge in [-0.05, 0) is 30.0 Å². The number of benzene rings is 1. The SMILES string of the molecule is CCS(=O)(=O)Nc1cc(C(C)(C)C)cc(NC(=O)OCC(Cl)(Cl)Cl)c1OC. The van der Waals surface area contributed by atoms with E-state index in [9.17, 15) is 13.2 Å². The Morgan fingerprint density at radius 2 is 1.70 bits per heavy atom. The molecule has 1 amide bonds. The molecule has 1 aromatic rings. The molecular weight excluding hydrogens is 439 g/mol. The number of carbonyl (C=O) groups is 1. The molecule has 0 aromatic heterocycles. The van der Waals surface area contributed by atoms with Crippen LogP contribution in [0.5, 0.6) is 5.75 Å². The number of sulfonamides is 1. The zero-order valence-corrected chi connectivity index (χ0v) is 18.7. The van der Waals surface area contributed by atoms with E-state index in [4.69, 9.17) is 44.3 Å². The molecule has 0 bridgehead atoms. The van der Waals surface area contributed by atoms with Gasteiger partial charge in [0, 0.05) is 0 Å². The number of carbonyl (C=O) groups excluding carboxylic acids is 1. The molecule has 0 aliphatic rings. The van der Waals surface area contributed by atoms with Crippen molar-refractivity contribution in [2.75, 3.05) is 29.5 Å². The summed E-state index contributed by atoms with van der Waals surface area (Å²) in [5.74, 6) is 0.00935. The number of alkyl halides is 3. The highest BCUT2D eigenvalue weighted by atomic mass is 35.6. The molecule has 0 saturated carbocycles. The molecule has 0 unspecified atom stereocenters. The van der Waals surface area contributed by atoms with E-state index in [2.05, 4.69) is 10.0 Å². The van der Waals surface area contributed by atoms with Crippen LogP contribution in [0.3, 0.4) is 0 Å². The van der Waals surface area contributed by atoms with Crippen LogP contribution in [0.25, 0.3) is 0 Å². The lowest BCUT2D eigenvalue weighted by Gasteiger charge is -2.24. The van der Waals surface area contributed by atoms with Gasteiger partial charge in [0.05, 0.1) is 24.2 Å². The molecule has 0 radical (unpaired) electrons. The standard InChI is InChI=1S/C16H23Cl3N2O5S/c1-6-27(23,24)21-12-8-10(15(2,3)4)7-11(13(12)25-5)20-14(22)26-9-16(17,18)19/h7-8,21H,6,9H2,1-5H3,(H,20,22). The number of anilines is 2. The van der Waals surface area contributed by atoms with E-state index in [-0.39, 0.29) is 28.3 Å². The van der Waals surface area contributed by atoms with E-state index < -0.39 is 26.5 Å². The number of hydrogen-bond acceptors (Lipinski definition) is 5. The lowest BCUT2D eigenvalue weighted by molar-refractivity contribution is 0.164. The van der Waals surface area contributed by atoms with Crippen molar-refractivity contribution in [1.29, 1.82) is 0 Å². The van der Waals surface area contributed by atoms with Crippen molar-refractivity contribution in [3.63, 3.8) is 0 Å². The highest BCUT2D eigenvalue weighted by Crippen LogP contribution is 2.39. The van der Waals surface area contributed by atoms with E-state index in [1.165, 1.54) is 14.0 Å². The molecule has 0 aliphatic heterocycles. The van der Waals surface area contributed by atoms with Gasteiger partial charge >= 0.3 is 6.09 Å². The van der Waals surface area contributed by atoms with Gasteiger partial charge in [-0.2, -0.15) is 0 Å². The molecule has 0 saturated heterocycles. The molecule has 0 aliphatic carbocycles. The Labute approximate surface area is 174 Å². The van der Waals surface area contributed by atoms with Gasteiger partial charge in [-0.3, -0.25) is 10.0 Å². The average Bonchev–Trinajstić information content (AvgIpc) is 2.51. The van der Waals surface area contributed by atoms with Crippen LogP contribution in [-0.2, 0) is 20.2 Å². The molecule has 0 heterocycles. The summed E-state index contributed by atoms with van der Waals surface area (Å²) in [4.78, 5) is 12.0. The summed E-state index contributed by atoms with van der Waals surface area (Å²) in [6, 6.07) is 3.32. The maximum Gasteiger partial charge on any atom is 0.411 e. The summed E-state index contributed by atoms with van der Waals surface area (Å²) in [5.41, 5.74) is 0.835. The first kappa shape index (κ1) is 23.9. The Balaban J connectivity index is 3.34. The zero-order chi connectivity index (χ0) is 21.0. The summed E-state index contributed by atoms with van der Waals surface area (Å²) in [6.07, 6.45) is -0.880. The van der Waals surface area contributed by atoms with Gasteiger partial charge in [0.25, 0.3) is 0 Å². The van der Waals surface area contributed by atoms with Gasteiger partial charge < -0.3 is 9.47 Å². The Kier molecular flexibility index (Phi) is 7.93. The van der Waals surface area contributed by atoms with Crippen LogP contribution in [0.1, 0.15) is 33.3 Å². The average molecular weight is 462 g/mol. The van der Waals surface area contributed by atoms with Crippen molar-refractivity contribution in [3.05, 3.63) is 17.7 Å². The summed E-state index contributed by atoms with van der Waals surface area (Å²) in [6.45, 7) is 6.88. The third kappa shape index (κ3) is 7.81. The summed E-state index contributed by atoms with van der Waals surface area (Å²) >= 11 is 16.7. The minimum absolute atomic E-state index is 0.121. The monoisotopic (exact) mass is 460 g/mol. The highest BCUT2D eigenvalue weighted by molar-refractivity contribution is 7.92. The van der Waals surface area contributed by atoms with E-state index >= 15 is 0 Å². The number of halogens is 3. The van der Waals surface area contributed by atoms with Crippen LogP contribution in [0.2, 0.25) is 0 Å². The quantitative estimate of drug-likeness (QED) is 0.600. The predicted molar refractivity (Wildman–Crippen MR) is 110 cm³/mol. The van der Waals surface area contributed by atoms with Crippen molar-refractivity contribution in [2.45, 2.75) is 36.9 Å². The second kappa shape index (κ2) is 8.94. The fourth-order valence-corrected chi connectivity index (χ4v) is 2.78. The fourth-order valence-electron chi connectivity index (χ4n) is 1.98. The Morgan fingerprint density at radius 3 is 2.15 bits per heavy atom. The lowest BCUT2D eigenvalue weighted by Crippen LogP contribution is -2.22. The minimum Gasteiger partial charge on any atom is -0.492 e. The number of hydrogen-bond donors (Lipinski definition) is 2. The first-order chi connectivity index (χ1) is 12.2. The maximum absolute atomic E-state index is 12.0. The zero-order valence-electron chi connectivity index (χ0n) is 15.7. The smallest absolute Gasteiger partial charge is 0.411 e. The molecule has 154 valence electrons. The molecule has 0 fully saturated rings. The van der Waals surface area contributed by atoms with Crippen molar-refractivity contribution in [1.82, 2.24) is 0 Å². The first-order valence-corrected chi connectivity index (χ1v) is 10.7. The van der Waals surface area contributed by atoms with Gasteiger partial charge in [-0.25, -0.2) is 13.2 Å². The minimum atomic E-state index is -3.57. The molecule has 0 spiro atoms. The highest BCUT2D eigenvalue weighted by Gasteiger charge is 2.25. The summed E-state index contributed by atoms with van der Waals surface area (Å²) in [5, 5.41) is 2.49. The molecular formula is C16H23Cl3N2O5S. The molecule has 0 atom stereocenters. The lowest BCUT2D eigenvalue weighted by atomic mass is 9.86. The van der Waals surface area contributed by atoms with E-state index in [1.807, 2.05) is 20.8 Å². The number of nitrogens with one attached hydrogen (secondary N) is 2. The van der Waals surface area contributed by atoms with Crippen molar-refractivity contribution in [2.24, 2.45) is 0 Å². The topological polar surface area (TPSA) is 93.7 Å². The third-order valence-electron chi connectivity index (χ3n) is 3.41. The largest absolute Gasteiger partial charge is 0.492 e. The van der Waals surface area contributed by atoms with Gasteiger partial charge in [0.15, 0.2) is 5.75 Å². The molecule has 27 heavy (non-hydrogen) atoms. The van der Waals surface area contributed by atoms with E-state index in [1.54, 1.807) is 12.1 Å². The second-order valence-corrected chi connectivity index (χ2v) is 11.2. The summed E-state index contributed by atoms with van der Waals surface area (Å²) in [7, 11) is -2.21. The fraction of sp³-hybridized carbons (Fsp3) is 0.562. The van der Waals surface area contributed by atoms with Crippen LogP contribution in [-0.4, -0.2) is 37.8 Å². The van der Waals surface area contributed by atoms with E-state index in [0.29, 0.717) is 0 Å². The third-order valence-corrected chi connectivity index (χ3v) is 5.03. The van der Waals surface area contributed by atoms with Gasteiger partial charge in [-0.1, -0.05) is 55.6 Å². The Morgan fingerprint density at radius 1 is 1.15 bits per heavy atom. The van der Waals surface area contributed by atoms with Crippen LogP contribution in [0, 0.1) is 0 Å². The van der Waals surface area contributed by atoms with Crippen LogP contribution < -0.4 is 14.8 Å². The summed E-state index contributed by atoms with van der Waals surface area (Å²) < 4.78 is 34.9. The van der Waals surface area contributed by atoms with Gasteiger partial charge in [-0.15, -0.1) is 0 Å². The van der Waals surface area contributed by atoms with E-state index in [0.717, 1.165) is 5.56 Å². The predicted octanol–water partition coefficient (Wildman–Crippen LogP) is 4.67. The number of ether oxygens (including phenoxy) is 2. The Bertz CT molecular complexity index is 786. The van der Waals surface area contributed by atoms with Gasteiger partial charge in [0.2, 0.25) is 13.8 Å². The van der Waals surface area contributed by atoms with Crippen LogP contribution in [0.4, 0.5) is 16.2 Å². The normalized spacial score (nSPS) is 12.4. The molecule has 1 rings (SSSR count).